The maximum absolute atomic E-state index is 11.0. The topological polar surface area (TPSA) is 104 Å². The normalized spacial score (nSPS) is 14.0. The third-order valence-electron chi connectivity index (χ3n) is 8.21. The molecule has 2 N–H and O–H groups in total. The number of carboxylic acid groups (broad SMARTS) is 2. The lowest BCUT2D eigenvalue weighted by atomic mass is 10.1. The zero-order valence-electron chi connectivity index (χ0n) is 26.0. The molecule has 6 rings (SSSR count). The second-order valence-electron chi connectivity index (χ2n) is 11.5. The number of allylic oxidation sites excluding steroid dienone is 6. The number of nitrogens with zero attached hydrogens (tertiary/aromatic N) is 2. The number of ether oxygens (including phenoxy) is 1. The summed E-state index contributed by atoms with van der Waals surface area (Å²) in [6.07, 6.45) is 16.4. The van der Waals surface area contributed by atoms with Crippen LogP contribution in [0.5, 0.6) is 5.75 Å². The van der Waals surface area contributed by atoms with E-state index in [-0.39, 0.29) is 12.8 Å². The molecule has 0 saturated carbocycles. The molecule has 5 aromatic rings. The van der Waals surface area contributed by atoms with Crippen LogP contribution in [-0.4, -0.2) is 28.7 Å². The fourth-order valence-electron chi connectivity index (χ4n) is 5.93. The lowest BCUT2D eigenvalue weighted by Crippen LogP contribution is -2.35. The minimum absolute atomic E-state index is 0.145. The van der Waals surface area contributed by atoms with Gasteiger partial charge in [0.2, 0.25) is 11.5 Å². The summed E-state index contributed by atoms with van der Waals surface area (Å²) in [5.41, 5.74) is 2.77. The number of carboxylic acids is 2. The molecule has 4 aromatic carbocycles. The molecule has 0 fully saturated rings. The van der Waals surface area contributed by atoms with Crippen molar-refractivity contribution in [1.29, 1.82) is 0 Å². The smallest absolute Gasteiger partial charge is 0.374 e. The first-order chi connectivity index (χ1) is 23.0. The van der Waals surface area contributed by atoms with Crippen molar-refractivity contribution >= 4 is 56.3 Å². The minimum Gasteiger partial charge on any atom is -0.481 e. The predicted molar refractivity (Wildman–Crippen MR) is 184 cm³/mol. The van der Waals surface area contributed by atoms with Crippen LogP contribution in [0.15, 0.2) is 120 Å². The van der Waals surface area contributed by atoms with Gasteiger partial charge in [-0.2, -0.15) is 4.57 Å². The Labute approximate surface area is 272 Å². The highest BCUT2D eigenvalue weighted by Crippen LogP contribution is 2.44. The van der Waals surface area contributed by atoms with Crippen molar-refractivity contribution in [2.75, 3.05) is 11.4 Å². The number of benzene rings is 4. The number of aromatic nitrogens is 1. The van der Waals surface area contributed by atoms with Crippen molar-refractivity contribution in [3.05, 3.63) is 121 Å². The van der Waals surface area contributed by atoms with E-state index < -0.39 is 11.9 Å². The lowest BCUT2D eigenvalue weighted by molar-refractivity contribution is -0.678. The van der Waals surface area contributed by atoms with Gasteiger partial charge in [-0.05, 0) is 48.2 Å². The van der Waals surface area contributed by atoms with E-state index in [4.69, 9.17) is 19.4 Å². The summed E-state index contributed by atoms with van der Waals surface area (Å²) in [7, 11) is 0. The Morgan fingerprint density at radius 2 is 1.38 bits per heavy atom. The van der Waals surface area contributed by atoms with Gasteiger partial charge in [0.1, 0.15) is 0 Å². The predicted octanol–water partition coefficient (Wildman–Crippen LogP) is 8.40. The number of carbonyl (C=O) groups is 2. The van der Waals surface area contributed by atoms with Gasteiger partial charge in [0, 0.05) is 42.6 Å². The molecule has 0 aliphatic carbocycles. The third-order valence-corrected chi connectivity index (χ3v) is 8.21. The number of hydrogen-bond acceptors (Lipinski definition) is 5. The van der Waals surface area contributed by atoms with Gasteiger partial charge < -0.3 is 24.3 Å². The Balaban J connectivity index is 1.18. The van der Waals surface area contributed by atoms with E-state index in [0.717, 1.165) is 56.9 Å². The highest BCUT2D eigenvalue weighted by atomic mass is 16.5. The van der Waals surface area contributed by atoms with E-state index in [1.807, 2.05) is 66.8 Å². The maximum Gasteiger partial charge on any atom is 0.374 e. The van der Waals surface area contributed by atoms with Gasteiger partial charge in [0.15, 0.2) is 12.3 Å². The largest absolute Gasteiger partial charge is 0.481 e. The molecule has 0 bridgehead atoms. The van der Waals surface area contributed by atoms with Gasteiger partial charge in [-0.25, -0.2) is 0 Å². The summed E-state index contributed by atoms with van der Waals surface area (Å²) in [5.74, 6) is 0.644. The molecular formula is C39H37N2O6+. The second-order valence-corrected chi connectivity index (χ2v) is 11.5. The number of aliphatic carboxylic acids is 2. The lowest BCUT2D eigenvalue weighted by Gasteiger charge is -2.17. The molecule has 8 heteroatoms. The number of hydrogen-bond donors (Lipinski definition) is 2. The average Bonchev–Trinajstić information content (AvgIpc) is 3.62. The molecule has 47 heavy (non-hydrogen) atoms. The Morgan fingerprint density at radius 3 is 2.17 bits per heavy atom. The van der Waals surface area contributed by atoms with Crippen LogP contribution < -0.4 is 14.2 Å². The first-order valence-electron chi connectivity index (χ1n) is 16.0. The Kier molecular flexibility index (Phi) is 9.77. The van der Waals surface area contributed by atoms with Crippen LogP contribution in [0.3, 0.4) is 0 Å². The molecule has 238 valence electrons. The van der Waals surface area contributed by atoms with Crippen LogP contribution >= 0.6 is 0 Å². The first-order valence-corrected chi connectivity index (χ1v) is 16.0. The van der Waals surface area contributed by atoms with Gasteiger partial charge in [-0.1, -0.05) is 85.0 Å². The summed E-state index contributed by atoms with van der Waals surface area (Å²) >= 11 is 0. The number of aryl methyl sites for hydroxylation is 1. The summed E-state index contributed by atoms with van der Waals surface area (Å²) in [5, 5.41) is 22.4. The fourth-order valence-corrected chi connectivity index (χ4v) is 5.93. The second kappa shape index (κ2) is 14.6. The SMILES string of the molecule is O=C(O)CCCCN1/C(=C/C=C/C=C/C=C/c2oc3c4ccccc4ccc3[n+]2CCCCC(=O)O)Oc2c1ccc1ccccc21. The van der Waals surface area contributed by atoms with Crippen molar-refractivity contribution in [3.8, 4) is 5.75 Å². The molecule has 0 spiro atoms. The molecule has 8 nitrogen and oxygen atoms in total. The monoisotopic (exact) mass is 629 g/mol. The van der Waals surface area contributed by atoms with Crippen LogP contribution in [0.25, 0.3) is 38.7 Å². The molecule has 1 aliphatic rings. The van der Waals surface area contributed by atoms with Crippen molar-refractivity contribution in [3.63, 3.8) is 0 Å². The highest BCUT2D eigenvalue weighted by Gasteiger charge is 2.27. The van der Waals surface area contributed by atoms with Gasteiger partial charge in [0.25, 0.3) is 5.52 Å². The first kappa shape index (κ1) is 31.4. The van der Waals surface area contributed by atoms with Gasteiger partial charge in [0.05, 0.1) is 11.8 Å². The summed E-state index contributed by atoms with van der Waals surface area (Å²) < 4.78 is 14.8. The Hall–Kier alpha value is -5.63. The number of oxazole rings is 1. The van der Waals surface area contributed by atoms with Crippen molar-refractivity contribution < 1.29 is 33.5 Å². The maximum atomic E-state index is 11.0. The summed E-state index contributed by atoms with van der Waals surface area (Å²) in [4.78, 5) is 24.1. The van der Waals surface area contributed by atoms with Crippen LogP contribution in [0.1, 0.15) is 44.4 Å². The zero-order chi connectivity index (χ0) is 32.6. The van der Waals surface area contributed by atoms with E-state index in [2.05, 4.69) is 58.0 Å². The molecule has 2 heterocycles. The molecule has 0 amide bonds. The van der Waals surface area contributed by atoms with Crippen LogP contribution in [0.4, 0.5) is 5.69 Å². The van der Waals surface area contributed by atoms with Crippen LogP contribution in [0, 0.1) is 0 Å². The number of rotatable bonds is 14. The van der Waals surface area contributed by atoms with Gasteiger partial charge in [-0.15, -0.1) is 0 Å². The molecule has 0 unspecified atom stereocenters. The zero-order valence-corrected chi connectivity index (χ0v) is 26.0. The van der Waals surface area contributed by atoms with E-state index in [1.54, 1.807) is 0 Å². The molecule has 1 aliphatic heterocycles. The average molecular weight is 630 g/mol. The Morgan fingerprint density at radius 1 is 0.723 bits per heavy atom. The standard InChI is InChI=1S/C39H36N2O6/c42-36(43)20-10-12-26-40-32-24-22-28-14-6-8-16-30(28)38(32)46-34(40)18-4-2-1-3-5-19-35-41(27-13-11-21-37(44)45)33-25-23-29-15-7-9-17-31(29)39(33)47-35/h1-9,14-19,22-25H,10-13,20-21,26-27H2,(H-,42,43,44,45)/p+1. The number of anilines is 1. The third kappa shape index (κ3) is 7.28. The molecule has 0 saturated heterocycles. The van der Waals surface area contributed by atoms with Gasteiger partial charge in [-0.3, -0.25) is 9.59 Å². The minimum atomic E-state index is -0.784. The van der Waals surface area contributed by atoms with Crippen molar-refractivity contribution in [2.45, 2.75) is 45.1 Å². The van der Waals surface area contributed by atoms with Crippen LogP contribution in [-0.2, 0) is 16.1 Å². The molecule has 0 atom stereocenters. The number of unbranched alkanes of at least 4 members (excludes halogenated alkanes) is 2. The van der Waals surface area contributed by atoms with Crippen molar-refractivity contribution in [2.24, 2.45) is 0 Å². The van der Waals surface area contributed by atoms with Crippen LogP contribution in [0.2, 0.25) is 0 Å². The Bertz CT molecular complexity index is 2050. The molecular weight excluding hydrogens is 592 g/mol. The van der Waals surface area contributed by atoms with E-state index in [0.29, 0.717) is 37.7 Å². The van der Waals surface area contributed by atoms with Crippen molar-refractivity contribution in [1.82, 2.24) is 0 Å². The molecule has 1 aromatic heterocycles. The van der Waals surface area contributed by atoms with E-state index >= 15 is 0 Å². The van der Waals surface area contributed by atoms with E-state index in [1.165, 1.54) is 0 Å². The quantitative estimate of drug-likeness (QED) is 0.0722. The highest BCUT2D eigenvalue weighted by molar-refractivity contribution is 6.02. The number of fused-ring (bicyclic) bond motifs is 6. The summed E-state index contributed by atoms with van der Waals surface area (Å²) in [6, 6.07) is 24.5. The fraction of sp³-hybridized carbons (Fsp3) is 0.205. The van der Waals surface area contributed by atoms with E-state index in [9.17, 15) is 9.59 Å². The van der Waals surface area contributed by atoms with Gasteiger partial charge >= 0.3 is 17.8 Å². The molecule has 0 radical (unpaired) electrons. The summed E-state index contributed by atoms with van der Waals surface area (Å²) in [6.45, 7) is 1.31.